The van der Waals surface area contributed by atoms with E-state index in [2.05, 4.69) is 91.6 Å². The van der Waals surface area contributed by atoms with Crippen LogP contribution in [0.1, 0.15) is 47.2 Å². The molecule has 0 spiro atoms. The summed E-state index contributed by atoms with van der Waals surface area (Å²) in [6.07, 6.45) is 0. The van der Waals surface area contributed by atoms with Crippen LogP contribution in [-0.2, 0) is 5.54 Å². The maximum atomic E-state index is 3.82. The Labute approximate surface area is 165 Å². The van der Waals surface area contributed by atoms with Crippen molar-refractivity contribution in [2.24, 2.45) is 0 Å². The number of para-hydroxylation sites is 1. The molecule has 27 heavy (non-hydrogen) atoms. The summed E-state index contributed by atoms with van der Waals surface area (Å²) in [5.74, 6) is 0. The Morgan fingerprint density at radius 3 is 1.74 bits per heavy atom. The van der Waals surface area contributed by atoms with E-state index in [1.54, 1.807) is 0 Å². The number of nitrogens with zero attached hydrogens (tertiary/aromatic N) is 3. The molecular formula is C23H38N4. The summed E-state index contributed by atoms with van der Waals surface area (Å²) < 4.78 is 0. The van der Waals surface area contributed by atoms with E-state index >= 15 is 0 Å². The fourth-order valence-corrected chi connectivity index (χ4v) is 5.43. The van der Waals surface area contributed by atoms with Gasteiger partial charge in [0.25, 0.3) is 0 Å². The predicted molar refractivity (Wildman–Crippen MR) is 116 cm³/mol. The Bertz CT molecular complexity index is 674. The molecule has 1 heterocycles. The topological polar surface area (TPSA) is 25.5 Å². The van der Waals surface area contributed by atoms with Crippen molar-refractivity contribution in [1.29, 1.82) is 0 Å². The second kappa shape index (κ2) is 8.34. The minimum atomic E-state index is 0.0422. The molecule has 1 N–H and O–H groups in total. The second-order valence-electron chi connectivity index (χ2n) is 7.60. The standard InChI is InChI=1S/C23H38N4/c1-7-25(8-2)21-22(26(9-3)10-4)23(21,27(11-5)12-6)20-17-18-15-13-14-16-19(18)24-20/h13-17,21-22,24H,7-12H2,1-6H3. The van der Waals surface area contributed by atoms with Gasteiger partial charge in [0.15, 0.2) is 0 Å². The number of aromatic nitrogens is 1. The zero-order chi connectivity index (χ0) is 19.6. The van der Waals surface area contributed by atoms with Crippen molar-refractivity contribution in [2.45, 2.75) is 59.2 Å². The number of H-pyrrole nitrogens is 1. The van der Waals surface area contributed by atoms with E-state index in [-0.39, 0.29) is 5.54 Å². The molecule has 1 fully saturated rings. The lowest BCUT2D eigenvalue weighted by Gasteiger charge is -2.34. The molecule has 0 amide bonds. The lowest BCUT2D eigenvalue weighted by Crippen LogP contribution is -2.44. The quantitative estimate of drug-likeness (QED) is 0.680. The minimum absolute atomic E-state index is 0.0422. The van der Waals surface area contributed by atoms with E-state index in [9.17, 15) is 0 Å². The Morgan fingerprint density at radius 1 is 0.778 bits per heavy atom. The van der Waals surface area contributed by atoms with Gasteiger partial charge in [-0.3, -0.25) is 14.7 Å². The van der Waals surface area contributed by atoms with Crippen LogP contribution in [-0.4, -0.2) is 71.0 Å². The van der Waals surface area contributed by atoms with E-state index in [1.165, 1.54) is 16.6 Å². The molecule has 2 unspecified atom stereocenters. The Morgan fingerprint density at radius 2 is 1.30 bits per heavy atom. The Hall–Kier alpha value is -1.36. The fourth-order valence-electron chi connectivity index (χ4n) is 5.43. The highest BCUT2D eigenvalue weighted by Crippen LogP contribution is 2.56. The van der Waals surface area contributed by atoms with Gasteiger partial charge in [-0.15, -0.1) is 0 Å². The average molecular weight is 371 g/mol. The summed E-state index contributed by atoms with van der Waals surface area (Å²) in [5, 5.41) is 1.32. The Balaban J connectivity index is 2.18. The monoisotopic (exact) mass is 370 g/mol. The van der Waals surface area contributed by atoms with Crippen molar-refractivity contribution < 1.29 is 0 Å². The molecule has 1 aromatic heterocycles. The molecule has 3 rings (SSSR count). The van der Waals surface area contributed by atoms with E-state index in [0.29, 0.717) is 12.1 Å². The highest BCUT2D eigenvalue weighted by atomic mass is 15.4. The van der Waals surface area contributed by atoms with Crippen LogP contribution < -0.4 is 0 Å². The molecule has 1 aliphatic carbocycles. The van der Waals surface area contributed by atoms with Gasteiger partial charge >= 0.3 is 0 Å². The van der Waals surface area contributed by atoms with Gasteiger partial charge in [0.2, 0.25) is 0 Å². The van der Waals surface area contributed by atoms with E-state index in [4.69, 9.17) is 0 Å². The van der Waals surface area contributed by atoms with Crippen molar-refractivity contribution in [3.8, 4) is 0 Å². The van der Waals surface area contributed by atoms with E-state index < -0.39 is 0 Å². The largest absolute Gasteiger partial charge is 0.357 e. The maximum absolute atomic E-state index is 3.82. The van der Waals surface area contributed by atoms with Crippen LogP contribution in [0.2, 0.25) is 0 Å². The summed E-state index contributed by atoms with van der Waals surface area (Å²) in [6.45, 7) is 20.4. The van der Waals surface area contributed by atoms with Crippen LogP contribution in [0.5, 0.6) is 0 Å². The highest BCUT2D eigenvalue weighted by molar-refractivity contribution is 5.81. The third-order valence-corrected chi connectivity index (χ3v) is 6.75. The van der Waals surface area contributed by atoms with Gasteiger partial charge in [-0.1, -0.05) is 59.7 Å². The number of likely N-dealkylation sites (N-methyl/N-ethyl adjacent to an activating group) is 3. The molecule has 2 atom stereocenters. The van der Waals surface area contributed by atoms with Crippen LogP contribution in [0.25, 0.3) is 10.9 Å². The molecule has 4 nitrogen and oxygen atoms in total. The number of fused-ring (bicyclic) bond motifs is 1. The van der Waals surface area contributed by atoms with Gasteiger partial charge in [-0.25, -0.2) is 0 Å². The molecule has 150 valence electrons. The van der Waals surface area contributed by atoms with Gasteiger partial charge in [0, 0.05) is 11.2 Å². The Kier molecular flexibility index (Phi) is 6.29. The second-order valence-corrected chi connectivity index (χ2v) is 7.60. The minimum Gasteiger partial charge on any atom is -0.357 e. The molecule has 0 bridgehead atoms. The molecule has 4 heteroatoms. The van der Waals surface area contributed by atoms with Crippen molar-refractivity contribution in [3.63, 3.8) is 0 Å². The van der Waals surface area contributed by atoms with Gasteiger partial charge in [0.1, 0.15) is 0 Å². The zero-order valence-electron chi connectivity index (χ0n) is 18.1. The number of hydrogen-bond donors (Lipinski definition) is 1. The summed E-state index contributed by atoms with van der Waals surface area (Å²) in [5.41, 5.74) is 2.68. The third kappa shape index (κ3) is 3.12. The number of rotatable bonds is 10. The number of benzene rings is 1. The molecule has 1 aromatic carbocycles. The summed E-state index contributed by atoms with van der Waals surface area (Å²) in [4.78, 5) is 11.9. The first-order valence-electron chi connectivity index (χ1n) is 10.9. The summed E-state index contributed by atoms with van der Waals surface area (Å²) in [7, 11) is 0. The van der Waals surface area contributed by atoms with Gasteiger partial charge in [-0.05, 0) is 56.8 Å². The molecule has 0 radical (unpaired) electrons. The first-order valence-corrected chi connectivity index (χ1v) is 10.9. The highest BCUT2D eigenvalue weighted by Gasteiger charge is 2.72. The first-order chi connectivity index (χ1) is 13.1. The lowest BCUT2D eigenvalue weighted by atomic mass is 10.1. The smallest absolute Gasteiger partial charge is 0.0957 e. The molecule has 1 aliphatic rings. The predicted octanol–water partition coefficient (Wildman–Crippen LogP) is 4.14. The maximum Gasteiger partial charge on any atom is 0.0957 e. The molecule has 0 aliphatic heterocycles. The molecular weight excluding hydrogens is 332 g/mol. The number of hydrogen-bond acceptors (Lipinski definition) is 3. The third-order valence-electron chi connectivity index (χ3n) is 6.75. The van der Waals surface area contributed by atoms with Crippen molar-refractivity contribution in [1.82, 2.24) is 19.7 Å². The summed E-state index contributed by atoms with van der Waals surface area (Å²) in [6, 6.07) is 12.2. The van der Waals surface area contributed by atoms with E-state index in [1.807, 2.05) is 0 Å². The van der Waals surface area contributed by atoms with Crippen molar-refractivity contribution >= 4 is 10.9 Å². The van der Waals surface area contributed by atoms with Crippen molar-refractivity contribution in [3.05, 3.63) is 36.0 Å². The average Bonchev–Trinajstić information content (AvgIpc) is 3.15. The summed E-state index contributed by atoms with van der Waals surface area (Å²) >= 11 is 0. The van der Waals surface area contributed by atoms with Crippen LogP contribution in [0.4, 0.5) is 0 Å². The van der Waals surface area contributed by atoms with E-state index in [0.717, 1.165) is 39.3 Å². The zero-order valence-corrected chi connectivity index (χ0v) is 18.1. The first kappa shape index (κ1) is 20.4. The van der Waals surface area contributed by atoms with Crippen LogP contribution >= 0.6 is 0 Å². The normalized spacial score (nSPS) is 25.2. The van der Waals surface area contributed by atoms with Gasteiger partial charge in [0.05, 0.1) is 17.6 Å². The lowest BCUT2D eigenvalue weighted by molar-refractivity contribution is 0.129. The van der Waals surface area contributed by atoms with Crippen LogP contribution in [0.15, 0.2) is 30.3 Å². The number of aromatic amines is 1. The van der Waals surface area contributed by atoms with Crippen LogP contribution in [0, 0.1) is 0 Å². The van der Waals surface area contributed by atoms with Crippen LogP contribution in [0.3, 0.4) is 0 Å². The molecule has 1 saturated carbocycles. The SMILES string of the molecule is CCN(CC)C1C(N(CC)CC)C1(c1cc2ccccc2[nH]1)N(CC)CC. The van der Waals surface area contributed by atoms with Gasteiger partial charge in [-0.2, -0.15) is 0 Å². The molecule has 0 saturated heterocycles. The fraction of sp³-hybridized carbons (Fsp3) is 0.652. The van der Waals surface area contributed by atoms with Crippen molar-refractivity contribution in [2.75, 3.05) is 39.3 Å². The number of nitrogens with one attached hydrogen (secondary N) is 1. The van der Waals surface area contributed by atoms with Gasteiger partial charge < -0.3 is 4.98 Å². The molecule has 2 aromatic rings.